The minimum Gasteiger partial charge on any atom is -0.386 e. The Bertz CT molecular complexity index is 2360. The highest BCUT2D eigenvalue weighted by molar-refractivity contribution is 8.13. The van der Waals surface area contributed by atoms with Gasteiger partial charge in [-0.2, -0.15) is 4.31 Å². The third-order valence-corrected chi connectivity index (χ3v) is 13.9. The van der Waals surface area contributed by atoms with Crippen molar-refractivity contribution in [3.8, 4) is 0 Å². The Labute approximate surface area is 416 Å². The summed E-state index contributed by atoms with van der Waals surface area (Å²) in [6.45, 7) is 2.61. The summed E-state index contributed by atoms with van der Waals surface area (Å²) in [6.07, 6.45) is 24.9. The number of ether oxygens (including phenoxy) is 1. The molecular formula is C43H66N7O17P3S. The number of allylic oxidation sites excluding steroid dienone is 12. The number of carbonyl (C=O) groups is 3. The molecule has 0 bridgehead atoms. The number of anilines is 1. The molecule has 1 saturated heterocycles. The van der Waals surface area contributed by atoms with Crippen molar-refractivity contribution in [2.24, 2.45) is 5.41 Å². The van der Waals surface area contributed by atoms with Crippen LogP contribution in [0.15, 0.2) is 85.6 Å². The maximum absolute atomic E-state index is 12.7. The number of imidazole rings is 1. The molecule has 71 heavy (non-hydrogen) atoms. The molecule has 24 nitrogen and oxygen atoms in total. The lowest BCUT2D eigenvalue weighted by Crippen LogP contribution is -2.46. The van der Waals surface area contributed by atoms with Crippen LogP contribution in [0.3, 0.4) is 0 Å². The van der Waals surface area contributed by atoms with Crippen LogP contribution in [0.2, 0.25) is 0 Å². The fraction of sp³-hybridized carbons (Fsp3) is 0.535. The Morgan fingerprint density at radius 2 is 1.42 bits per heavy atom. The molecule has 1 aliphatic rings. The normalized spacial score (nSPS) is 20.3. The number of aromatic nitrogens is 4. The summed E-state index contributed by atoms with van der Waals surface area (Å²) in [5.41, 5.74) is 4.27. The van der Waals surface area contributed by atoms with Gasteiger partial charge in [-0.25, -0.2) is 28.6 Å². The average Bonchev–Trinajstić information content (AvgIpc) is 3.86. The average molecular weight is 1080 g/mol. The van der Waals surface area contributed by atoms with Crippen LogP contribution in [0.25, 0.3) is 11.2 Å². The number of thioether (sulfide) groups is 1. The molecule has 28 heteroatoms. The zero-order valence-electron chi connectivity index (χ0n) is 39.7. The molecule has 1 fully saturated rings. The van der Waals surface area contributed by atoms with Gasteiger partial charge in [-0.05, 0) is 44.9 Å². The maximum Gasteiger partial charge on any atom is 0.481 e. The SMILES string of the molecule is CC/C=C\C/C=C\C/C=C\C/C=C\C/C=C\C/C=C\CCC(=O)SCCNC(=O)CCNC(=O)[C@H](O)C(C)(C)COP(=O)(O)OP(=O)(O)OC[C@H]1O[C@@H](n2cnc3c(N)ncnc32)[C@H](O)[C@@H]1OP(=O)(O)O. The first kappa shape index (κ1) is 61.3. The monoisotopic (exact) mass is 1080 g/mol. The first-order valence-electron chi connectivity index (χ1n) is 22.5. The summed E-state index contributed by atoms with van der Waals surface area (Å²) in [5.74, 6) is -1.11. The second-order valence-electron chi connectivity index (χ2n) is 16.2. The molecule has 0 radical (unpaired) electrons. The zero-order valence-corrected chi connectivity index (χ0v) is 43.2. The molecule has 0 saturated carbocycles. The van der Waals surface area contributed by atoms with E-state index >= 15 is 0 Å². The van der Waals surface area contributed by atoms with Gasteiger partial charge in [0.1, 0.15) is 36.3 Å². The van der Waals surface area contributed by atoms with Crippen LogP contribution in [-0.2, 0) is 50.7 Å². The summed E-state index contributed by atoms with van der Waals surface area (Å²) in [5, 5.41) is 26.6. The highest BCUT2D eigenvalue weighted by atomic mass is 32.2. The van der Waals surface area contributed by atoms with Crippen LogP contribution >= 0.6 is 35.2 Å². The van der Waals surface area contributed by atoms with Gasteiger partial charge in [0.15, 0.2) is 22.8 Å². The Morgan fingerprint density at radius 1 is 0.845 bits per heavy atom. The number of nitrogens with one attached hydrogen (secondary N) is 2. The van der Waals surface area contributed by atoms with Gasteiger partial charge in [-0.1, -0.05) is 105 Å². The van der Waals surface area contributed by atoms with Crippen molar-refractivity contribution in [1.29, 1.82) is 0 Å². The summed E-state index contributed by atoms with van der Waals surface area (Å²) in [7, 11) is -16.4. The molecule has 7 atom stereocenters. The molecule has 3 heterocycles. The van der Waals surface area contributed by atoms with Crippen molar-refractivity contribution in [2.45, 2.75) is 109 Å². The largest absolute Gasteiger partial charge is 0.481 e. The van der Waals surface area contributed by atoms with Gasteiger partial charge < -0.3 is 50.9 Å². The fourth-order valence-corrected chi connectivity index (χ4v) is 9.73. The molecule has 2 unspecified atom stereocenters. The van der Waals surface area contributed by atoms with E-state index in [0.717, 1.165) is 67.5 Å². The number of hydrogen-bond acceptors (Lipinski definition) is 18. The summed E-state index contributed by atoms with van der Waals surface area (Å²) in [6, 6.07) is 0. The van der Waals surface area contributed by atoms with Gasteiger partial charge in [-0.15, -0.1) is 0 Å². The van der Waals surface area contributed by atoms with Crippen molar-refractivity contribution in [3.05, 3.63) is 85.6 Å². The number of phosphoric acid groups is 3. The summed E-state index contributed by atoms with van der Waals surface area (Å²) in [4.78, 5) is 88.4. The number of fused-ring (bicyclic) bond motifs is 1. The number of aliphatic hydroxyl groups excluding tert-OH is 2. The number of nitrogen functional groups attached to an aromatic ring is 1. The molecule has 3 rings (SSSR count). The van der Waals surface area contributed by atoms with Gasteiger partial charge in [-0.3, -0.25) is 32.5 Å². The Morgan fingerprint density at radius 3 is 2.01 bits per heavy atom. The number of nitrogens with two attached hydrogens (primary N) is 1. The van der Waals surface area contributed by atoms with Crippen molar-refractivity contribution in [3.63, 3.8) is 0 Å². The molecule has 2 amide bonds. The Kier molecular flexibility index (Phi) is 26.7. The quantitative estimate of drug-likeness (QED) is 0.0254. The number of carbonyl (C=O) groups excluding carboxylic acids is 3. The first-order valence-corrected chi connectivity index (χ1v) is 28.0. The van der Waals surface area contributed by atoms with Gasteiger partial charge in [0.05, 0.1) is 19.5 Å². The van der Waals surface area contributed by atoms with Crippen molar-refractivity contribution < 1.29 is 80.5 Å². The number of hydrogen-bond donors (Lipinski definition) is 9. The minimum absolute atomic E-state index is 0.0179. The minimum atomic E-state index is -5.58. The highest BCUT2D eigenvalue weighted by Crippen LogP contribution is 2.61. The van der Waals surface area contributed by atoms with Gasteiger partial charge in [0, 0.05) is 37.1 Å². The number of rotatable bonds is 33. The van der Waals surface area contributed by atoms with Gasteiger partial charge in [0.25, 0.3) is 0 Å². The summed E-state index contributed by atoms with van der Waals surface area (Å²) < 4.78 is 62.4. The lowest BCUT2D eigenvalue weighted by molar-refractivity contribution is -0.137. The topological polar surface area (TPSA) is 364 Å². The van der Waals surface area contributed by atoms with E-state index in [1.807, 2.05) is 12.2 Å². The van der Waals surface area contributed by atoms with Crippen LogP contribution in [0, 0.1) is 5.41 Å². The molecule has 1 aliphatic heterocycles. The van der Waals surface area contributed by atoms with Crippen LogP contribution < -0.4 is 16.4 Å². The van der Waals surface area contributed by atoms with E-state index in [4.69, 9.17) is 19.5 Å². The lowest BCUT2D eigenvalue weighted by atomic mass is 9.87. The van der Waals surface area contributed by atoms with Gasteiger partial charge >= 0.3 is 23.5 Å². The second-order valence-corrected chi connectivity index (χ2v) is 21.6. The summed E-state index contributed by atoms with van der Waals surface area (Å²) >= 11 is 1.09. The number of nitrogens with zero attached hydrogens (tertiary/aromatic N) is 4. The Balaban J connectivity index is 1.29. The standard InChI is InChI=1S/C43H66N7O17P3S/c1-4-5-6-7-8-9-10-11-12-13-14-15-16-17-18-19-20-21-22-23-34(52)71-27-26-45-33(51)24-25-46-41(55)38(54)43(2,3)29-64-70(61,62)67-69(59,60)63-28-32-37(66-68(56,57)58)36(53)42(65-32)50-31-49-35-39(44)47-30-48-40(35)50/h5-6,8-9,11-12,14-15,17-18,20-21,30-32,36-38,42,53-54H,4,7,10,13,16,19,22-29H2,1-3H3,(H,45,51)(H,46,55)(H,59,60)(H,61,62)(H2,44,47,48)(H2,56,57,58)/b6-5-,9-8-,12-11-,15-14-,18-17-,21-20-/t32-,36-,37-,38+,42-/m1/s1. The molecule has 10 N–H and O–H groups in total. The predicted molar refractivity (Wildman–Crippen MR) is 265 cm³/mol. The van der Waals surface area contributed by atoms with Crippen molar-refractivity contribution in [2.75, 3.05) is 37.8 Å². The van der Waals surface area contributed by atoms with Crippen LogP contribution in [0.1, 0.15) is 84.8 Å². The fourth-order valence-electron chi connectivity index (χ4n) is 6.21. The van der Waals surface area contributed by atoms with E-state index in [0.29, 0.717) is 18.6 Å². The highest BCUT2D eigenvalue weighted by Gasteiger charge is 2.50. The molecule has 0 aliphatic carbocycles. The zero-order chi connectivity index (χ0) is 52.5. The van der Waals surface area contributed by atoms with Crippen LogP contribution in [-0.4, -0.2) is 123 Å². The molecule has 2 aromatic rings. The van der Waals surface area contributed by atoms with E-state index < -0.39 is 84.6 Å². The van der Waals surface area contributed by atoms with E-state index in [-0.39, 0.29) is 41.6 Å². The molecule has 0 spiro atoms. The second kappa shape index (κ2) is 30.9. The van der Waals surface area contributed by atoms with Crippen LogP contribution in [0.5, 0.6) is 0 Å². The van der Waals surface area contributed by atoms with Crippen molar-refractivity contribution in [1.82, 2.24) is 30.2 Å². The lowest BCUT2D eigenvalue weighted by Gasteiger charge is -2.30. The molecule has 0 aromatic carbocycles. The van der Waals surface area contributed by atoms with E-state index in [9.17, 15) is 57.9 Å². The predicted octanol–water partition coefficient (Wildman–Crippen LogP) is 5.14. The molecule has 2 aromatic heterocycles. The van der Waals surface area contributed by atoms with E-state index in [2.05, 4.69) is 102 Å². The number of phosphoric ester groups is 3. The molecular weight excluding hydrogens is 1010 g/mol. The maximum atomic E-state index is 12.7. The number of aliphatic hydroxyl groups is 2. The Hall–Kier alpha value is -4.00. The van der Waals surface area contributed by atoms with Crippen LogP contribution in [0.4, 0.5) is 5.82 Å². The number of amides is 2. The van der Waals surface area contributed by atoms with Gasteiger partial charge in [0.2, 0.25) is 11.8 Å². The van der Waals surface area contributed by atoms with E-state index in [1.54, 1.807) is 0 Å². The van der Waals surface area contributed by atoms with E-state index in [1.165, 1.54) is 13.8 Å². The smallest absolute Gasteiger partial charge is 0.386 e. The molecule has 396 valence electrons. The van der Waals surface area contributed by atoms with Crippen molar-refractivity contribution >= 4 is 69.1 Å². The third kappa shape index (κ3) is 23.6. The third-order valence-electron chi connectivity index (χ3n) is 9.88. The first-order chi connectivity index (χ1) is 33.6.